The average Bonchev–Trinajstić information content (AvgIpc) is 2.81. The number of nitrogens with zero attached hydrogens (tertiary/aromatic N) is 1. The normalized spacial score (nSPS) is 16.8. The molecule has 0 N–H and O–H groups in total. The molecule has 6 rings (SSSR count). The van der Waals surface area contributed by atoms with E-state index in [1.54, 1.807) is 48.5 Å². The Labute approximate surface area is 177 Å². The summed E-state index contributed by atoms with van der Waals surface area (Å²) in [7, 11) is 0. The fourth-order valence-electron chi connectivity index (χ4n) is 4.57. The van der Waals surface area contributed by atoms with Gasteiger partial charge in [0, 0.05) is 33.2 Å². The summed E-state index contributed by atoms with van der Waals surface area (Å²) < 4.78 is 0. The third-order valence-electron chi connectivity index (χ3n) is 6.07. The van der Waals surface area contributed by atoms with Gasteiger partial charge >= 0.3 is 0 Å². The highest BCUT2D eigenvalue weighted by atomic mass is 16.1. The molecule has 0 spiro atoms. The van der Waals surface area contributed by atoms with Crippen LogP contribution in [-0.2, 0) is 0 Å². The van der Waals surface area contributed by atoms with Gasteiger partial charge in [-0.2, -0.15) is 0 Å². The predicted molar refractivity (Wildman–Crippen MR) is 118 cm³/mol. The Morgan fingerprint density at radius 1 is 0.677 bits per heavy atom. The maximum absolute atomic E-state index is 13.5. The molecular formula is C27H15NO3. The summed E-state index contributed by atoms with van der Waals surface area (Å²) in [6.07, 6.45) is 3.61. The van der Waals surface area contributed by atoms with Crippen LogP contribution in [0.25, 0.3) is 17.0 Å². The van der Waals surface area contributed by atoms with Crippen LogP contribution in [0.1, 0.15) is 59.4 Å². The number of hydrogen-bond acceptors (Lipinski definition) is 4. The summed E-state index contributed by atoms with van der Waals surface area (Å²) in [6.45, 7) is 0. The zero-order chi connectivity index (χ0) is 21.1. The minimum absolute atomic E-state index is 0.122. The Balaban J connectivity index is 1.52. The van der Waals surface area contributed by atoms with Crippen LogP contribution < -0.4 is 0 Å². The van der Waals surface area contributed by atoms with Gasteiger partial charge in [-0.15, -0.1) is 0 Å². The van der Waals surface area contributed by atoms with E-state index < -0.39 is 5.92 Å². The Kier molecular flexibility index (Phi) is 3.65. The Morgan fingerprint density at radius 2 is 1.39 bits per heavy atom. The molecule has 1 unspecified atom stereocenters. The number of ketones is 3. The third kappa shape index (κ3) is 2.48. The molecule has 146 valence electrons. The van der Waals surface area contributed by atoms with Gasteiger partial charge in [-0.05, 0) is 23.8 Å². The van der Waals surface area contributed by atoms with E-state index in [1.165, 1.54) is 0 Å². The second kappa shape index (κ2) is 6.41. The molecule has 0 aliphatic heterocycles. The van der Waals surface area contributed by atoms with Gasteiger partial charge in [0.05, 0.1) is 17.1 Å². The van der Waals surface area contributed by atoms with Crippen LogP contribution in [0.3, 0.4) is 0 Å². The molecule has 2 aliphatic carbocycles. The van der Waals surface area contributed by atoms with E-state index >= 15 is 0 Å². The molecule has 0 bridgehead atoms. The van der Waals surface area contributed by atoms with Crippen LogP contribution in [0, 0.1) is 0 Å². The van der Waals surface area contributed by atoms with E-state index in [9.17, 15) is 14.4 Å². The lowest BCUT2D eigenvalue weighted by atomic mass is 9.76. The lowest BCUT2D eigenvalue weighted by Gasteiger charge is -2.24. The summed E-state index contributed by atoms with van der Waals surface area (Å²) in [5.74, 6) is -1.17. The first-order chi connectivity index (χ1) is 15.1. The first kappa shape index (κ1) is 17.7. The van der Waals surface area contributed by atoms with Crippen molar-refractivity contribution in [1.82, 2.24) is 4.98 Å². The van der Waals surface area contributed by atoms with E-state index in [0.717, 1.165) is 10.9 Å². The maximum Gasteiger partial charge on any atom is 0.194 e. The van der Waals surface area contributed by atoms with E-state index in [2.05, 4.69) is 4.98 Å². The molecule has 0 amide bonds. The molecule has 0 saturated heterocycles. The van der Waals surface area contributed by atoms with Crippen LogP contribution in [-0.4, -0.2) is 22.3 Å². The number of carbonyl (C=O) groups is 3. The number of rotatable bonds is 1. The van der Waals surface area contributed by atoms with Gasteiger partial charge < -0.3 is 0 Å². The molecule has 31 heavy (non-hydrogen) atoms. The number of hydrogen-bond donors (Lipinski definition) is 0. The minimum Gasteiger partial charge on any atom is -0.293 e. The van der Waals surface area contributed by atoms with E-state index in [4.69, 9.17) is 0 Å². The van der Waals surface area contributed by atoms with Crippen LogP contribution in [0.5, 0.6) is 0 Å². The van der Waals surface area contributed by atoms with Crippen LogP contribution in [0.2, 0.25) is 0 Å². The van der Waals surface area contributed by atoms with Gasteiger partial charge in [0.15, 0.2) is 17.3 Å². The molecule has 4 nitrogen and oxygen atoms in total. The largest absolute Gasteiger partial charge is 0.293 e. The van der Waals surface area contributed by atoms with Gasteiger partial charge in [-0.3, -0.25) is 14.4 Å². The van der Waals surface area contributed by atoms with Crippen molar-refractivity contribution >= 4 is 34.3 Å². The fourth-order valence-corrected chi connectivity index (χ4v) is 4.57. The highest BCUT2D eigenvalue weighted by Crippen LogP contribution is 2.37. The number of pyridine rings is 1. The molecule has 0 fully saturated rings. The van der Waals surface area contributed by atoms with E-state index in [0.29, 0.717) is 39.1 Å². The molecule has 0 saturated carbocycles. The van der Waals surface area contributed by atoms with Crippen molar-refractivity contribution in [1.29, 1.82) is 0 Å². The first-order valence-corrected chi connectivity index (χ1v) is 10.1. The Bertz CT molecular complexity index is 1500. The quantitative estimate of drug-likeness (QED) is 0.396. The number of allylic oxidation sites excluding steroid dienone is 1. The monoisotopic (exact) mass is 401 g/mol. The third-order valence-corrected chi connectivity index (χ3v) is 6.07. The van der Waals surface area contributed by atoms with Crippen molar-refractivity contribution in [3.05, 3.63) is 118 Å². The second-order valence-electron chi connectivity index (χ2n) is 7.79. The topological polar surface area (TPSA) is 64.1 Å². The van der Waals surface area contributed by atoms with Gasteiger partial charge in [0.2, 0.25) is 0 Å². The lowest BCUT2D eigenvalue weighted by molar-refractivity contribution is 0.0964. The van der Waals surface area contributed by atoms with E-state index in [-0.39, 0.29) is 17.3 Å². The van der Waals surface area contributed by atoms with Gasteiger partial charge in [0.25, 0.3) is 0 Å². The molecular weight excluding hydrogens is 386 g/mol. The van der Waals surface area contributed by atoms with Gasteiger partial charge in [-0.25, -0.2) is 4.98 Å². The van der Waals surface area contributed by atoms with Crippen molar-refractivity contribution in [3.8, 4) is 0 Å². The summed E-state index contributed by atoms with van der Waals surface area (Å²) in [6, 6.07) is 21.5. The summed E-state index contributed by atoms with van der Waals surface area (Å²) in [5, 5.41) is 0.888. The predicted octanol–water partition coefficient (Wildman–Crippen LogP) is 5.00. The smallest absolute Gasteiger partial charge is 0.194 e. The Morgan fingerprint density at radius 3 is 2.23 bits per heavy atom. The van der Waals surface area contributed by atoms with Crippen molar-refractivity contribution < 1.29 is 14.4 Å². The molecule has 0 radical (unpaired) electrons. The summed E-state index contributed by atoms with van der Waals surface area (Å²) in [4.78, 5) is 44.5. The fraction of sp³-hybridized carbons (Fsp3) is 0.0370. The maximum atomic E-state index is 13.5. The number of fused-ring (bicyclic) bond motifs is 4. The molecule has 4 aromatic rings. The molecule has 2 aliphatic rings. The van der Waals surface area contributed by atoms with Crippen LogP contribution >= 0.6 is 0 Å². The van der Waals surface area contributed by atoms with Crippen LogP contribution in [0.15, 0.2) is 78.9 Å². The highest BCUT2D eigenvalue weighted by molar-refractivity contribution is 6.29. The summed E-state index contributed by atoms with van der Waals surface area (Å²) >= 11 is 0. The van der Waals surface area contributed by atoms with Gasteiger partial charge in [-0.1, -0.05) is 66.7 Å². The standard InChI is InChI=1S/C27H15NO3/c29-25-17-7-2-3-8-18(17)27(31)24-16(9-5-10-20(24)25)19-12-13-23-21(26(19)30)14-15-6-1-4-11-22(15)28-23/h1-14,19H. The number of para-hydroxylation sites is 1. The number of Topliss-reactive ketones (excluding diaryl/α,β-unsaturated/α-hetero) is 1. The molecule has 1 heterocycles. The summed E-state index contributed by atoms with van der Waals surface area (Å²) in [5.41, 5.74) is 4.00. The first-order valence-electron chi connectivity index (χ1n) is 10.1. The molecule has 3 aromatic carbocycles. The molecule has 4 heteroatoms. The molecule has 1 aromatic heterocycles. The minimum atomic E-state index is -0.646. The van der Waals surface area contributed by atoms with Crippen molar-refractivity contribution in [2.75, 3.05) is 0 Å². The van der Waals surface area contributed by atoms with Crippen molar-refractivity contribution in [3.63, 3.8) is 0 Å². The Hall–Kier alpha value is -4.18. The highest BCUT2D eigenvalue weighted by Gasteiger charge is 2.35. The molecule has 1 atom stereocenters. The zero-order valence-electron chi connectivity index (χ0n) is 16.3. The zero-order valence-corrected chi connectivity index (χ0v) is 16.3. The van der Waals surface area contributed by atoms with Crippen LogP contribution in [0.4, 0.5) is 0 Å². The van der Waals surface area contributed by atoms with E-state index in [1.807, 2.05) is 36.4 Å². The van der Waals surface area contributed by atoms with Gasteiger partial charge in [0.1, 0.15) is 0 Å². The van der Waals surface area contributed by atoms with Crippen molar-refractivity contribution in [2.45, 2.75) is 5.92 Å². The number of carbonyl (C=O) groups excluding carboxylic acids is 3. The number of benzene rings is 3. The van der Waals surface area contributed by atoms with Crippen molar-refractivity contribution in [2.24, 2.45) is 0 Å². The average molecular weight is 401 g/mol. The SMILES string of the molecule is O=C1c2ccccc2C(=O)c2c1cccc2C1C=Cc2nc3ccccc3cc2C1=O. The second-order valence-corrected chi connectivity index (χ2v) is 7.79. The lowest BCUT2D eigenvalue weighted by Crippen LogP contribution is -2.25. The number of aromatic nitrogens is 1.